The first-order valence-corrected chi connectivity index (χ1v) is 6.86. The first-order chi connectivity index (χ1) is 9.84. The molecule has 1 aromatic carbocycles. The number of benzene rings is 1. The molecule has 0 aromatic heterocycles. The predicted molar refractivity (Wildman–Crippen MR) is 72.3 cm³/mol. The lowest BCUT2D eigenvalue weighted by Gasteiger charge is -2.28. The van der Waals surface area contributed by atoms with E-state index < -0.39 is 24.3 Å². The molecule has 0 saturated carbocycles. The van der Waals surface area contributed by atoms with Gasteiger partial charge >= 0.3 is 12.3 Å². The average molecular weight is 305 g/mol. The largest absolute Gasteiger partial charge is 0.383 e. The highest BCUT2D eigenvalue weighted by molar-refractivity contribution is 5.84. The maximum atomic E-state index is 13.1. The number of halogens is 4. The Morgan fingerprint density at radius 2 is 1.67 bits per heavy atom. The van der Waals surface area contributed by atoms with Crippen molar-refractivity contribution in [3.05, 3.63) is 35.9 Å². The van der Waals surface area contributed by atoms with Crippen LogP contribution in [0.3, 0.4) is 0 Å². The van der Waals surface area contributed by atoms with E-state index in [0.29, 0.717) is 18.4 Å². The van der Waals surface area contributed by atoms with Gasteiger partial charge in [0, 0.05) is 0 Å². The lowest BCUT2D eigenvalue weighted by Crippen LogP contribution is -2.47. The third-order valence-electron chi connectivity index (χ3n) is 3.54. The summed E-state index contributed by atoms with van der Waals surface area (Å²) in [6.45, 7) is 3.73. The Morgan fingerprint density at radius 1 is 1.14 bits per heavy atom. The molecule has 0 bridgehead atoms. The van der Waals surface area contributed by atoms with Gasteiger partial charge in [-0.15, -0.1) is 0 Å². The average Bonchev–Trinajstić information content (AvgIpc) is 2.47. The zero-order valence-corrected chi connectivity index (χ0v) is 12.0. The van der Waals surface area contributed by atoms with E-state index in [9.17, 15) is 22.4 Å². The van der Waals surface area contributed by atoms with Gasteiger partial charge in [-0.05, 0) is 11.5 Å². The summed E-state index contributed by atoms with van der Waals surface area (Å²) < 4.78 is 50.8. The van der Waals surface area contributed by atoms with Crippen LogP contribution >= 0.6 is 0 Å². The summed E-state index contributed by atoms with van der Waals surface area (Å²) in [6.07, 6.45) is -2.75. The third-order valence-corrected chi connectivity index (χ3v) is 3.54. The molecule has 21 heavy (non-hydrogen) atoms. The van der Waals surface area contributed by atoms with Gasteiger partial charge in [0.1, 0.15) is 0 Å². The quantitative estimate of drug-likeness (QED) is 0.752. The standard InChI is InChI=1S/C15H19F4NO/c1-3-10(4-2)12(11-8-6-5-7-9-11)20-14(21)15(18,19)13(16)17/h5-10,12-13H,3-4H2,1-2H3,(H,20,21). The molecule has 0 saturated heterocycles. The summed E-state index contributed by atoms with van der Waals surface area (Å²) in [4.78, 5) is 11.5. The molecule has 1 N–H and O–H groups in total. The van der Waals surface area contributed by atoms with Gasteiger partial charge in [-0.3, -0.25) is 4.79 Å². The van der Waals surface area contributed by atoms with E-state index in [1.807, 2.05) is 13.8 Å². The van der Waals surface area contributed by atoms with Gasteiger partial charge in [0.2, 0.25) is 0 Å². The van der Waals surface area contributed by atoms with Crippen molar-refractivity contribution in [3.8, 4) is 0 Å². The highest BCUT2D eigenvalue weighted by Gasteiger charge is 2.49. The van der Waals surface area contributed by atoms with E-state index in [0.717, 1.165) is 0 Å². The predicted octanol–water partition coefficient (Wildman–Crippen LogP) is 4.18. The summed E-state index contributed by atoms with van der Waals surface area (Å²) >= 11 is 0. The molecular weight excluding hydrogens is 286 g/mol. The highest BCUT2D eigenvalue weighted by atomic mass is 19.3. The van der Waals surface area contributed by atoms with Crippen LogP contribution in [-0.2, 0) is 4.79 Å². The molecule has 0 fully saturated rings. The highest BCUT2D eigenvalue weighted by Crippen LogP contribution is 2.30. The zero-order chi connectivity index (χ0) is 16.0. The summed E-state index contributed by atoms with van der Waals surface area (Å²) in [5, 5.41) is 2.09. The second-order valence-electron chi connectivity index (χ2n) is 4.86. The fourth-order valence-corrected chi connectivity index (χ4v) is 2.23. The summed E-state index contributed by atoms with van der Waals surface area (Å²) in [7, 11) is 0. The minimum atomic E-state index is -4.68. The maximum absolute atomic E-state index is 13.1. The van der Waals surface area contributed by atoms with Crippen molar-refractivity contribution in [2.75, 3.05) is 0 Å². The zero-order valence-electron chi connectivity index (χ0n) is 12.0. The fraction of sp³-hybridized carbons (Fsp3) is 0.533. The van der Waals surface area contributed by atoms with E-state index >= 15 is 0 Å². The smallest absolute Gasteiger partial charge is 0.344 e. The van der Waals surface area contributed by atoms with Crippen LogP contribution in [0.2, 0.25) is 0 Å². The van der Waals surface area contributed by atoms with Crippen LogP contribution < -0.4 is 5.32 Å². The van der Waals surface area contributed by atoms with Crippen molar-refractivity contribution in [3.63, 3.8) is 0 Å². The number of carbonyl (C=O) groups excluding carboxylic acids is 1. The molecule has 6 heteroatoms. The Labute approximate surface area is 121 Å². The number of hydrogen-bond acceptors (Lipinski definition) is 1. The van der Waals surface area contributed by atoms with Crippen LogP contribution in [0, 0.1) is 5.92 Å². The first kappa shape index (κ1) is 17.5. The number of carbonyl (C=O) groups is 1. The van der Waals surface area contributed by atoms with Crippen molar-refractivity contribution in [2.45, 2.75) is 45.1 Å². The van der Waals surface area contributed by atoms with Gasteiger partial charge in [0.05, 0.1) is 6.04 Å². The second-order valence-corrected chi connectivity index (χ2v) is 4.86. The van der Waals surface area contributed by atoms with Gasteiger partial charge < -0.3 is 5.32 Å². The number of rotatable bonds is 7. The van der Waals surface area contributed by atoms with Crippen molar-refractivity contribution >= 4 is 5.91 Å². The van der Waals surface area contributed by atoms with E-state index in [1.54, 1.807) is 30.3 Å². The molecule has 0 spiro atoms. The van der Waals surface area contributed by atoms with Crippen LogP contribution in [-0.4, -0.2) is 18.3 Å². The van der Waals surface area contributed by atoms with Gasteiger partial charge in [0.25, 0.3) is 5.91 Å². The number of nitrogens with one attached hydrogen (secondary N) is 1. The summed E-state index contributed by atoms with van der Waals surface area (Å²) in [5.74, 6) is -6.72. The van der Waals surface area contributed by atoms with Crippen LogP contribution in [0.5, 0.6) is 0 Å². The third kappa shape index (κ3) is 4.19. The molecular formula is C15H19F4NO. The molecule has 0 aliphatic carbocycles. The van der Waals surface area contributed by atoms with Crippen LogP contribution in [0.4, 0.5) is 17.6 Å². The van der Waals surface area contributed by atoms with E-state index in [2.05, 4.69) is 5.32 Å². The van der Waals surface area contributed by atoms with Crippen LogP contribution in [0.15, 0.2) is 30.3 Å². The second kappa shape index (κ2) is 7.43. The van der Waals surface area contributed by atoms with E-state index in [4.69, 9.17) is 0 Å². The molecule has 1 rings (SSSR count). The molecule has 1 atom stereocenters. The topological polar surface area (TPSA) is 29.1 Å². The first-order valence-electron chi connectivity index (χ1n) is 6.86. The lowest BCUT2D eigenvalue weighted by molar-refractivity contribution is -0.170. The molecule has 1 unspecified atom stereocenters. The lowest BCUT2D eigenvalue weighted by atomic mass is 9.88. The Hall–Kier alpha value is -1.59. The normalized spacial score (nSPS) is 13.5. The Bertz CT molecular complexity index is 446. The molecule has 2 nitrogen and oxygen atoms in total. The maximum Gasteiger partial charge on any atom is 0.383 e. The monoisotopic (exact) mass is 305 g/mol. The van der Waals surface area contributed by atoms with E-state index in [1.165, 1.54) is 0 Å². The van der Waals surface area contributed by atoms with Crippen molar-refractivity contribution in [2.24, 2.45) is 5.92 Å². The minimum absolute atomic E-state index is 0.107. The summed E-state index contributed by atoms with van der Waals surface area (Å²) in [5.41, 5.74) is 0.629. The van der Waals surface area contributed by atoms with Gasteiger partial charge in [0.15, 0.2) is 0 Å². The Kier molecular flexibility index (Phi) is 6.18. The van der Waals surface area contributed by atoms with Crippen LogP contribution in [0.1, 0.15) is 38.3 Å². The molecule has 118 valence electrons. The number of alkyl halides is 4. The van der Waals surface area contributed by atoms with Crippen molar-refractivity contribution in [1.82, 2.24) is 5.32 Å². The van der Waals surface area contributed by atoms with Crippen LogP contribution in [0.25, 0.3) is 0 Å². The SMILES string of the molecule is CCC(CC)C(NC(=O)C(F)(F)C(F)F)c1ccccc1. The number of hydrogen-bond donors (Lipinski definition) is 1. The Balaban J connectivity index is 3.02. The van der Waals surface area contributed by atoms with E-state index in [-0.39, 0.29) is 5.92 Å². The summed E-state index contributed by atoms with van der Waals surface area (Å²) in [6, 6.07) is 7.83. The number of amides is 1. The molecule has 1 aromatic rings. The van der Waals surface area contributed by atoms with Gasteiger partial charge in [-0.25, -0.2) is 8.78 Å². The van der Waals surface area contributed by atoms with Crippen molar-refractivity contribution in [1.29, 1.82) is 0 Å². The Morgan fingerprint density at radius 3 is 2.10 bits per heavy atom. The molecule has 0 aliphatic heterocycles. The molecule has 1 amide bonds. The van der Waals surface area contributed by atoms with Gasteiger partial charge in [-0.1, -0.05) is 57.0 Å². The minimum Gasteiger partial charge on any atom is -0.344 e. The fourth-order valence-electron chi connectivity index (χ4n) is 2.23. The molecule has 0 radical (unpaired) electrons. The molecule has 0 heterocycles. The molecule has 0 aliphatic rings. The van der Waals surface area contributed by atoms with Crippen molar-refractivity contribution < 1.29 is 22.4 Å². The van der Waals surface area contributed by atoms with Gasteiger partial charge in [-0.2, -0.15) is 8.78 Å².